The van der Waals surface area contributed by atoms with Gasteiger partial charge in [-0.25, -0.2) is 4.98 Å². The number of hydrogen-bond acceptors (Lipinski definition) is 4. The van der Waals surface area contributed by atoms with Crippen LogP contribution in [0.5, 0.6) is 0 Å². The van der Waals surface area contributed by atoms with Crippen LogP contribution >= 0.6 is 0 Å². The summed E-state index contributed by atoms with van der Waals surface area (Å²) in [5.74, 6) is 1.54. The third kappa shape index (κ3) is 3.47. The minimum atomic E-state index is -0.0813. The zero-order valence-corrected chi connectivity index (χ0v) is 13.6. The van der Waals surface area contributed by atoms with E-state index in [1.54, 1.807) is 7.05 Å². The minimum Gasteiger partial charge on any atom is -0.444 e. The minimum absolute atomic E-state index is 0.0813. The molecule has 5 nitrogen and oxygen atoms in total. The Kier molecular flexibility index (Phi) is 5.20. The van der Waals surface area contributed by atoms with Crippen LogP contribution in [0.3, 0.4) is 0 Å². The van der Waals surface area contributed by atoms with Crippen molar-refractivity contribution >= 4 is 11.6 Å². The fraction of sp³-hybridized carbons (Fsp3) is 0.412. The van der Waals surface area contributed by atoms with Gasteiger partial charge in [0, 0.05) is 24.7 Å². The summed E-state index contributed by atoms with van der Waals surface area (Å²) in [6.07, 6.45) is 1.87. The lowest BCUT2D eigenvalue weighted by atomic mass is 10.1. The maximum absolute atomic E-state index is 11.8. The molecule has 1 aromatic heterocycles. The number of carbonyl (C=O) groups excluding carboxylic acids is 1. The quantitative estimate of drug-likeness (QED) is 0.859. The molecule has 2 rings (SSSR count). The molecule has 5 heteroatoms. The third-order valence-corrected chi connectivity index (χ3v) is 3.65. The molecule has 0 atom stereocenters. The zero-order valence-electron chi connectivity index (χ0n) is 13.6. The fourth-order valence-corrected chi connectivity index (χ4v) is 2.36. The zero-order chi connectivity index (χ0) is 16.1. The van der Waals surface area contributed by atoms with Crippen molar-refractivity contribution in [1.29, 1.82) is 0 Å². The first-order chi connectivity index (χ1) is 10.6. The van der Waals surface area contributed by atoms with E-state index in [1.807, 2.05) is 32.0 Å². The van der Waals surface area contributed by atoms with E-state index in [0.29, 0.717) is 12.1 Å². The monoisotopic (exact) mass is 301 g/mol. The van der Waals surface area contributed by atoms with Crippen molar-refractivity contribution in [3.63, 3.8) is 0 Å². The molecule has 0 spiro atoms. The Labute approximate surface area is 131 Å². The van der Waals surface area contributed by atoms with Crippen LogP contribution in [0.4, 0.5) is 5.69 Å². The lowest BCUT2D eigenvalue weighted by Crippen LogP contribution is -2.19. The normalized spacial score (nSPS) is 10.5. The summed E-state index contributed by atoms with van der Waals surface area (Å²) < 4.78 is 5.76. The van der Waals surface area contributed by atoms with Crippen molar-refractivity contribution in [3.8, 4) is 0 Å². The standard InChI is InChI=1S/C17H23N3O2/c1-5-7-16-20-12(3)15(22-16)10-19-14-9-6-8-13(11(14)2)17(21)18-4/h6,8-9,19H,5,7,10H2,1-4H3,(H,18,21). The molecule has 0 radical (unpaired) electrons. The van der Waals surface area contributed by atoms with Crippen molar-refractivity contribution in [2.24, 2.45) is 0 Å². The van der Waals surface area contributed by atoms with E-state index in [4.69, 9.17) is 4.42 Å². The summed E-state index contributed by atoms with van der Waals surface area (Å²) in [5, 5.41) is 5.99. The number of aryl methyl sites for hydroxylation is 2. The molecule has 2 N–H and O–H groups in total. The number of aromatic nitrogens is 1. The van der Waals surface area contributed by atoms with Gasteiger partial charge in [0.15, 0.2) is 5.89 Å². The molecule has 0 aliphatic rings. The molecular formula is C17H23N3O2. The van der Waals surface area contributed by atoms with Crippen LogP contribution in [0.2, 0.25) is 0 Å². The number of hydrogen-bond donors (Lipinski definition) is 2. The highest BCUT2D eigenvalue weighted by molar-refractivity contribution is 5.96. The summed E-state index contributed by atoms with van der Waals surface area (Å²) in [7, 11) is 1.63. The van der Waals surface area contributed by atoms with Gasteiger partial charge in [0.05, 0.1) is 12.2 Å². The number of anilines is 1. The van der Waals surface area contributed by atoms with Gasteiger partial charge < -0.3 is 15.1 Å². The van der Waals surface area contributed by atoms with Crippen LogP contribution in [0.25, 0.3) is 0 Å². The Bertz CT molecular complexity index is 662. The van der Waals surface area contributed by atoms with Gasteiger partial charge in [-0.15, -0.1) is 0 Å². The van der Waals surface area contributed by atoms with Crippen LogP contribution in [0.1, 0.15) is 46.6 Å². The smallest absolute Gasteiger partial charge is 0.251 e. The van der Waals surface area contributed by atoms with Gasteiger partial charge in [0.1, 0.15) is 5.76 Å². The maximum atomic E-state index is 11.8. The molecule has 1 heterocycles. The summed E-state index contributed by atoms with van der Waals surface area (Å²) >= 11 is 0. The number of nitrogens with one attached hydrogen (secondary N) is 2. The second-order valence-corrected chi connectivity index (χ2v) is 5.28. The van der Waals surface area contributed by atoms with Crippen molar-refractivity contribution in [1.82, 2.24) is 10.3 Å². The fourth-order valence-electron chi connectivity index (χ4n) is 2.36. The van der Waals surface area contributed by atoms with Crippen LogP contribution in [-0.4, -0.2) is 17.9 Å². The van der Waals surface area contributed by atoms with E-state index in [9.17, 15) is 4.79 Å². The van der Waals surface area contributed by atoms with E-state index >= 15 is 0 Å². The Hall–Kier alpha value is -2.30. The van der Waals surface area contributed by atoms with Crippen molar-refractivity contribution < 1.29 is 9.21 Å². The van der Waals surface area contributed by atoms with E-state index in [-0.39, 0.29) is 5.91 Å². The van der Waals surface area contributed by atoms with Gasteiger partial charge in [0.25, 0.3) is 5.91 Å². The molecule has 1 amide bonds. The molecule has 0 unspecified atom stereocenters. The second-order valence-electron chi connectivity index (χ2n) is 5.28. The van der Waals surface area contributed by atoms with Crippen molar-refractivity contribution in [3.05, 3.63) is 46.7 Å². The van der Waals surface area contributed by atoms with Gasteiger partial charge in [0.2, 0.25) is 0 Å². The van der Waals surface area contributed by atoms with E-state index in [0.717, 1.165) is 41.4 Å². The molecule has 2 aromatic rings. The van der Waals surface area contributed by atoms with E-state index < -0.39 is 0 Å². The number of oxazole rings is 1. The molecular weight excluding hydrogens is 278 g/mol. The van der Waals surface area contributed by atoms with Crippen LogP contribution in [-0.2, 0) is 13.0 Å². The van der Waals surface area contributed by atoms with E-state index in [1.165, 1.54) is 0 Å². The maximum Gasteiger partial charge on any atom is 0.251 e. The van der Waals surface area contributed by atoms with Crippen LogP contribution < -0.4 is 10.6 Å². The first-order valence-corrected chi connectivity index (χ1v) is 7.57. The highest BCUT2D eigenvalue weighted by Crippen LogP contribution is 2.21. The number of nitrogens with zero attached hydrogens (tertiary/aromatic N) is 1. The summed E-state index contributed by atoms with van der Waals surface area (Å²) in [6.45, 7) is 6.54. The first-order valence-electron chi connectivity index (χ1n) is 7.57. The second kappa shape index (κ2) is 7.11. The molecule has 0 fully saturated rings. The SMILES string of the molecule is CCCc1nc(C)c(CNc2cccc(C(=O)NC)c2C)o1. The van der Waals surface area contributed by atoms with Crippen molar-refractivity contribution in [2.45, 2.75) is 40.2 Å². The molecule has 118 valence electrons. The molecule has 0 aliphatic carbocycles. The highest BCUT2D eigenvalue weighted by Gasteiger charge is 2.12. The lowest BCUT2D eigenvalue weighted by Gasteiger charge is -2.12. The summed E-state index contributed by atoms with van der Waals surface area (Å²) in [6, 6.07) is 5.65. The molecule has 1 aromatic carbocycles. The van der Waals surface area contributed by atoms with Crippen molar-refractivity contribution in [2.75, 3.05) is 12.4 Å². The Balaban J connectivity index is 2.13. The van der Waals surface area contributed by atoms with Crippen LogP contribution in [0.15, 0.2) is 22.6 Å². The molecule has 0 saturated carbocycles. The molecule has 22 heavy (non-hydrogen) atoms. The van der Waals surface area contributed by atoms with Crippen LogP contribution in [0, 0.1) is 13.8 Å². The largest absolute Gasteiger partial charge is 0.444 e. The number of rotatable bonds is 6. The number of carbonyl (C=O) groups is 1. The lowest BCUT2D eigenvalue weighted by molar-refractivity contribution is 0.0962. The highest BCUT2D eigenvalue weighted by atomic mass is 16.4. The number of amides is 1. The summed E-state index contributed by atoms with van der Waals surface area (Å²) in [4.78, 5) is 16.2. The predicted molar refractivity (Wildman–Crippen MR) is 87.1 cm³/mol. The average Bonchev–Trinajstić information content (AvgIpc) is 2.86. The topological polar surface area (TPSA) is 67.2 Å². The number of benzene rings is 1. The molecule has 0 saturated heterocycles. The summed E-state index contributed by atoms with van der Waals surface area (Å²) in [5.41, 5.74) is 3.44. The molecule has 0 aliphatic heterocycles. The average molecular weight is 301 g/mol. The van der Waals surface area contributed by atoms with Gasteiger partial charge in [-0.2, -0.15) is 0 Å². The van der Waals surface area contributed by atoms with Gasteiger partial charge in [-0.3, -0.25) is 4.79 Å². The molecule has 0 bridgehead atoms. The predicted octanol–water partition coefficient (Wildman–Crippen LogP) is 3.22. The third-order valence-electron chi connectivity index (χ3n) is 3.65. The van der Waals surface area contributed by atoms with Gasteiger partial charge in [-0.1, -0.05) is 13.0 Å². The van der Waals surface area contributed by atoms with E-state index in [2.05, 4.69) is 22.5 Å². The Morgan fingerprint density at radius 1 is 1.32 bits per heavy atom. The first kappa shape index (κ1) is 16.1. The Morgan fingerprint density at radius 2 is 2.09 bits per heavy atom. The van der Waals surface area contributed by atoms with Gasteiger partial charge in [-0.05, 0) is 38.0 Å². The van der Waals surface area contributed by atoms with Gasteiger partial charge >= 0.3 is 0 Å². The Morgan fingerprint density at radius 3 is 2.77 bits per heavy atom.